The van der Waals surface area contributed by atoms with Crippen molar-refractivity contribution in [2.24, 2.45) is 0 Å². The number of aryl methyl sites for hydroxylation is 1. The van der Waals surface area contributed by atoms with Crippen LogP contribution in [-0.4, -0.2) is 9.78 Å². The highest BCUT2D eigenvalue weighted by Gasteiger charge is 2.19. The molecule has 0 unspecified atom stereocenters. The van der Waals surface area contributed by atoms with Gasteiger partial charge in [0.15, 0.2) is 5.56 Å². The first-order valence-electron chi connectivity index (χ1n) is 8.39. The Kier molecular flexibility index (Phi) is 5.50. The first kappa shape index (κ1) is 17.9. The molecule has 0 fully saturated rings. The fourth-order valence-corrected chi connectivity index (χ4v) is 2.49. The second kappa shape index (κ2) is 7.39. The van der Waals surface area contributed by atoms with Gasteiger partial charge >= 0.3 is 0 Å². The lowest BCUT2D eigenvalue weighted by atomic mass is 9.98. The van der Waals surface area contributed by atoms with E-state index in [0.717, 1.165) is 17.5 Å². The van der Waals surface area contributed by atoms with Gasteiger partial charge in [-0.2, -0.15) is 5.26 Å². The van der Waals surface area contributed by atoms with E-state index in [1.54, 1.807) is 4.68 Å². The number of aromatic nitrogens is 2. The van der Waals surface area contributed by atoms with E-state index in [4.69, 9.17) is 10.5 Å². The van der Waals surface area contributed by atoms with E-state index in [1.807, 2.05) is 6.92 Å². The fourth-order valence-electron chi connectivity index (χ4n) is 2.49. The van der Waals surface area contributed by atoms with Crippen LogP contribution in [0.25, 0.3) is 0 Å². The second-order valence-corrected chi connectivity index (χ2v) is 6.51. The average molecular weight is 326 g/mol. The van der Waals surface area contributed by atoms with Crippen molar-refractivity contribution >= 4 is 5.82 Å². The minimum absolute atomic E-state index is 0.125. The van der Waals surface area contributed by atoms with Gasteiger partial charge in [0.1, 0.15) is 18.5 Å². The fraction of sp³-hybridized carbons (Fsp3) is 0.474. The first-order chi connectivity index (χ1) is 11.4. The van der Waals surface area contributed by atoms with Crippen LogP contribution in [0.2, 0.25) is 0 Å². The van der Waals surface area contributed by atoms with Gasteiger partial charge in [0.2, 0.25) is 0 Å². The highest BCUT2D eigenvalue weighted by atomic mass is 16.5. The van der Waals surface area contributed by atoms with Crippen LogP contribution in [0.15, 0.2) is 18.2 Å². The van der Waals surface area contributed by atoms with Crippen LogP contribution < -0.4 is 10.5 Å². The van der Waals surface area contributed by atoms with Crippen LogP contribution in [0.1, 0.15) is 68.3 Å². The summed E-state index contributed by atoms with van der Waals surface area (Å²) in [5.41, 5.74) is 9.89. The van der Waals surface area contributed by atoms with Gasteiger partial charge in [-0.15, -0.1) is 5.10 Å². The maximum absolute atomic E-state index is 9.37. The van der Waals surface area contributed by atoms with E-state index in [-0.39, 0.29) is 6.04 Å². The number of benzene rings is 1. The Morgan fingerprint density at radius 3 is 2.62 bits per heavy atom. The predicted molar refractivity (Wildman–Crippen MR) is 96.0 cm³/mol. The molecular formula is C19H26N4O. The largest absolute Gasteiger partial charge is 0.471 e. The molecule has 1 atom stereocenters. The summed E-state index contributed by atoms with van der Waals surface area (Å²) in [5.74, 6) is 1.14. The molecule has 0 aliphatic carbocycles. The standard InChI is InChI=1S/C19H26N4O/c1-6-14(5)23-18(21)17(10-20)19(22-23)24-11-16-9-15(12(2)3)8-7-13(16)4/h7-9,12,14H,6,11,21H2,1-5H3/t14-/m0/s1. The predicted octanol–water partition coefficient (Wildman–Crippen LogP) is 4.32. The van der Waals surface area contributed by atoms with E-state index >= 15 is 0 Å². The Labute approximate surface area is 144 Å². The number of nitrogen functional groups attached to an aromatic ring is 1. The highest BCUT2D eigenvalue weighted by Crippen LogP contribution is 2.28. The molecule has 5 nitrogen and oxygen atoms in total. The zero-order chi connectivity index (χ0) is 17.9. The third kappa shape index (κ3) is 3.53. The van der Waals surface area contributed by atoms with Gasteiger partial charge in [-0.05, 0) is 42.9 Å². The third-order valence-corrected chi connectivity index (χ3v) is 4.44. The van der Waals surface area contributed by atoms with E-state index in [0.29, 0.717) is 29.8 Å². The lowest BCUT2D eigenvalue weighted by Crippen LogP contribution is -2.09. The van der Waals surface area contributed by atoms with Crippen LogP contribution in [0.4, 0.5) is 5.82 Å². The topological polar surface area (TPSA) is 76.9 Å². The molecule has 0 aliphatic heterocycles. The number of hydrogen-bond donors (Lipinski definition) is 1. The molecule has 0 spiro atoms. The molecule has 1 aromatic carbocycles. The van der Waals surface area contributed by atoms with Crippen molar-refractivity contribution in [2.75, 3.05) is 5.73 Å². The molecule has 1 aromatic heterocycles. The number of nitrogens with zero attached hydrogens (tertiary/aromatic N) is 3. The Morgan fingerprint density at radius 2 is 2.04 bits per heavy atom. The van der Waals surface area contributed by atoms with Crippen molar-refractivity contribution in [1.29, 1.82) is 5.26 Å². The van der Waals surface area contributed by atoms with Gasteiger partial charge in [-0.3, -0.25) is 0 Å². The van der Waals surface area contributed by atoms with Crippen molar-refractivity contribution in [2.45, 2.75) is 59.6 Å². The Balaban J connectivity index is 2.27. The SMILES string of the molecule is CC[C@H](C)n1nc(OCc2cc(C(C)C)ccc2C)c(C#N)c1N. The summed E-state index contributed by atoms with van der Waals surface area (Å²) < 4.78 is 7.52. The van der Waals surface area contributed by atoms with Gasteiger partial charge in [-0.25, -0.2) is 4.68 Å². The minimum Gasteiger partial charge on any atom is -0.471 e. The zero-order valence-corrected chi connectivity index (χ0v) is 15.1. The summed E-state index contributed by atoms with van der Waals surface area (Å²) >= 11 is 0. The number of nitriles is 1. The zero-order valence-electron chi connectivity index (χ0n) is 15.1. The van der Waals surface area contributed by atoms with Crippen molar-refractivity contribution in [1.82, 2.24) is 9.78 Å². The molecule has 0 amide bonds. The Morgan fingerprint density at radius 1 is 1.33 bits per heavy atom. The molecule has 1 heterocycles. The van der Waals surface area contributed by atoms with Crippen LogP contribution in [-0.2, 0) is 6.61 Å². The van der Waals surface area contributed by atoms with Crippen molar-refractivity contribution in [3.8, 4) is 11.9 Å². The van der Waals surface area contributed by atoms with Gasteiger partial charge < -0.3 is 10.5 Å². The van der Waals surface area contributed by atoms with Gasteiger partial charge in [0, 0.05) is 0 Å². The molecule has 2 rings (SSSR count). The summed E-state index contributed by atoms with van der Waals surface area (Å²) in [7, 11) is 0. The van der Waals surface area contributed by atoms with E-state index in [1.165, 1.54) is 5.56 Å². The third-order valence-electron chi connectivity index (χ3n) is 4.44. The number of nitrogens with two attached hydrogens (primary N) is 1. The molecule has 2 aromatic rings. The molecule has 0 saturated heterocycles. The first-order valence-corrected chi connectivity index (χ1v) is 8.39. The maximum atomic E-state index is 9.37. The summed E-state index contributed by atoms with van der Waals surface area (Å²) in [6.45, 7) is 10.8. The van der Waals surface area contributed by atoms with E-state index < -0.39 is 0 Å². The number of anilines is 1. The summed E-state index contributed by atoms with van der Waals surface area (Å²) in [6.07, 6.45) is 0.881. The number of ether oxygens (including phenoxy) is 1. The monoisotopic (exact) mass is 326 g/mol. The molecule has 0 bridgehead atoms. The lowest BCUT2D eigenvalue weighted by molar-refractivity contribution is 0.285. The lowest BCUT2D eigenvalue weighted by Gasteiger charge is -2.12. The molecule has 128 valence electrons. The van der Waals surface area contributed by atoms with Crippen LogP contribution in [0.3, 0.4) is 0 Å². The Hall–Kier alpha value is -2.48. The van der Waals surface area contributed by atoms with Gasteiger partial charge in [0.25, 0.3) is 5.88 Å². The summed E-state index contributed by atoms with van der Waals surface area (Å²) in [6, 6.07) is 8.63. The smallest absolute Gasteiger partial charge is 0.253 e. The van der Waals surface area contributed by atoms with Gasteiger partial charge in [0.05, 0.1) is 6.04 Å². The summed E-state index contributed by atoms with van der Waals surface area (Å²) in [5, 5.41) is 13.8. The van der Waals surface area contributed by atoms with E-state index in [9.17, 15) is 5.26 Å². The molecule has 24 heavy (non-hydrogen) atoms. The Bertz CT molecular complexity index is 755. The van der Waals surface area contributed by atoms with Crippen molar-refractivity contribution < 1.29 is 4.74 Å². The number of rotatable bonds is 6. The normalized spacial score (nSPS) is 12.2. The molecule has 0 radical (unpaired) electrons. The number of hydrogen-bond acceptors (Lipinski definition) is 4. The minimum atomic E-state index is 0.125. The van der Waals surface area contributed by atoms with E-state index in [2.05, 4.69) is 57.1 Å². The van der Waals surface area contributed by atoms with Crippen LogP contribution in [0, 0.1) is 18.3 Å². The average Bonchev–Trinajstić information content (AvgIpc) is 2.88. The quantitative estimate of drug-likeness (QED) is 0.857. The van der Waals surface area contributed by atoms with Crippen molar-refractivity contribution in [3.63, 3.8) is 0 Å². The van der Waals surface area contributed by atoms with Crippen molar-refractivity contribution in [3.05, 3.63) is 40.5 Å². The molecular weight excluding hydrogens is 300 g/mol. The van der Waals surface area contributed by atoms with Crippen LogP contribution in [0.5, 0.6) is 5.88 Å². The maximum Gasteiger partial charge on any atom is 0.253 e. The van der Waals surface area contributed by atoms with Gasteiger partial charge in [-0.1, -0.05) is 39.0 Å². The van der Waals surface area contributed by atoms with Crippen LogP contribution >= 0.6 is 0 Å². The molecule has 0 saturated carbocycles. The molecule has 2 N–H and O–H groups in total. The molecule has 5 heteroatoms. The molecule has 0 aliphatic rings. The summed E-state index contributed by atoms with van der Waals surface area (Å²) in [4.78, 5) is 0. The highest BCUT2D eigenvalue weighted by molar-refractivity contribution is 5.55. The second-order valence-electron chi connectivity index (χ2n) is 6.51.